The van der Waals surface area contributed by atoms with Crippen LogP contribution in [0.2, 0.25) is 0 Å². The molecule has 2 aromatic rings. The lowest BCUT2D eigenvalue weighted by molar-refractivity contribution is -0.189. The zero-order valence-corrected chi connectivity index (χ0v) is 17.3. The Kier molecular flexibility index (Phi) is 6.16. The fourth-order valence-electron chi connectivity index (χ4n) is 3.35. The number of alkyl halides is 3. The number of nitrogens with zero attached hydrogens (tertiary/aromatic N) is 2. The minimum Gasteiger partial charge on any atom is -0.296 e. The summed E-state index contributed by atoms with van der Waals surface area (Å²) in [6, 6.07) is 2.67. The highest BCUT2D eigenvalue weighted by Crippen LogP contribution is 2.53. The van der Waals surface area contributed by atoms with E-state index in [-0.39, 0.29) is 34.4 Å². The van der Waals surface area contributed by atoms with Crippen LogP contribution in [0.4, 0.5) is 22.7 Å². The topological polar surface area (TPSA) is 101 Å². The van der Waals surface area contributed by atoms with Crippen LogP contribution in [-0.2, 0) is 15.4 Å². The third-order valence-corrected chi connectivity index (χ3v) is 7.47. The lowest BCUT2D eigenvalue weighted by Gasteiger charge is -2.28. The number of aromatic nitrogens is 2. The Bertz CT molecular complexity index is 1050. The molecule has 0 spiro atoms. The Labute approximate surface area is 173 Å². The number of anilines is 1. The average Bonchev–Trinajstić information content (AvgIpc) is 3.31. The first-order valence-corrected chi connectivity index (χ1v) is 11.3. The van der Waals surface area contributed by atoms with Gasteiger partial charge in [0.2, 0.25) is 15.2 Å². The van der Waals surface area contributed by atoms with E-state index in [1.54, 1.807) is 6.92 Å². The van der Waals surface area contributed by atoms with Crippen LogP contribution in [0, 0.1) is 5.82 Å². The van der Waals surface area contributed by atoms with E-state index in [1.165, 1.54) is 0 Å². The van der Waals surface area contributed by atoms with Crippen LogP contribution in [0.3, 0.4) is 0 Å². The quantitative estimate of drug-likeness (QED) is 0.634. The molecule has 7 nitrogen and oxygen atoms in total. The van der Waals surface area contributed by atoms with Crippen molar-refractivity contribution >= 4 is 32.4 Å². The molecule has 2 N–H and O–H groups in total. The first-order chi connectivity index (χ1) is 14.0. The molecule has 1 aromatic heterocycles. The van der Waals surface area contributed by atoms with Gasteiger partial charge in [-0.05, 0) is 31.0 Å². The number of benzene rings is 1. The fourth-order valence-corrected chi connectivity index (χ4v) is 5.42. The van der Waals surface area contributed by atoms with Gasteiger partial charge in [0.1, 0.15) is 16.2 Å². The summed E-state index contributed by atoms with van der Waals surface area (Å²) in [6.45, 7) is 1.65. The van der Waals surface area contributed by atoms with Crippen molar-refractivity contribution in [2.45, 2.75) is 49.1 Å². The van der Waals surface area contributed by atoms with Crippen LogP contribution in [0.1, 0.15) is 48.0 Å². The number of rotatable bonds is 6. The predicted molar refractivity (Wildman–Crippen MR) is 101 cm³/mol. The Morgan fingerprint density at radius 2 is 1.90 bits per heavy atom. The fraction of sp³-hybridized carbons (Fsp3) is 0.471. The number of carbonyl (C=O) groups excluding carboxylic acids is 1. The number of hydrogen-bond donors (Lipinski definition) is 2. The second-order valence-electron chi connectivity index (χ2n) is 6.80. The van der Waals surface area contributed by atoms with Gasteiger partial charge in [0.25, 0.3) is 5.91 Å². The molecular formula is C17H18F4N4O3S2. The summed E-state index contributed by atoms with van der Waals surface area (Å²) in [5.41, 5.74) is -2.68. The maximum Gasteiger partial charge on any atom is 0.400 e. The molecule has 1 amide bonds. The molecule has 0 unspecified atom stereocenters. The average molecular weight is 466 g/mol. The number of sulfonamides is 1. The van der Waals surface area contributed by atoms with Gasteiger partial charge in [-0.25, -0.2) is 17.5 Å². The van der Waals surface area contributed by atoms with Gasteiger partial charge in [-0.3, -0.25) is 10.1 Å². The van der Waals surface area contributed by atoms with Crippen molar-refractivity contribution in [1.29, 1.82) is 0 Å². The number of carbonyl (C=O) groups is 1. The molecule has 30 heavy (non-hydrogen) atoms. The molecular weight excluding hydrogens is 448 g/mol. The van der Waals surface area contributed by atoms with E-state index in [1.807, 2.05) is 0 Å². The molecule has 1 aliphatic carbocycles. The molecule has 1 aliphatic rings. The summed E-state index contributed by atoms with van der Waals surface area (Å²) >= 11 is 0.575. The van der Waals surface area contributed by atoms with Crippen molar-refractivity contribution in [2.24, 2.45) is 0 Å². The van der Waals surface area contributed by atoms with Gasteiger partial charge < -0.3 is 0 Å². The summed E-state index contributed by atoms with van der Waals surface area (Å²) in [4.78, 5) is 12.1. The molecule has 0 saturated heterocycles. The highest BCUT2D eigenvalue weighted by Gasteiger charge is 2.59. The van der Waals surface area contributed by atoms with Crippen molar-refractivity contribution in [2.75, 3.05) is 11.9 Å². The predicted octanol–water partition coefficient (Wildman–Crippen LogP) is 3.60. The molecule has 0 bridgehead atoms. The zero-order chi connectivity index (χ0) is 22.2. The maximum absolute atomic E-state index is 14.1. The monoisotopic (exact) mass is 466 g/mol. The number of amides is 1. The maximum atomic E-state index is 14.1. The van der Waals surface area contributed by atoms with Gasteiger partial charge in [0.15, 0.2) is 0 Å². The van der Waals surface area contributed by atoms with Crippen LogP contribution in [-0.4, -0.2) is 37.2 Å². The molecule has 164 valence electrons. The first-order valence-electron chi connectivity index (χ1n) is 9.01. The SMILES string of the molecule is CCNS(=O)(=O)c1ccc(F)c(C(=O)Nc2nnc(C3(C(F)(F)F)CCCC3)s2)c1. The van der Waals surface area contributed by atoms with Gasteiger partial charge >= 0.3 is 6.18 Å². The van der Waals surface area contributed by atoms with E-state index in [0.29, 0.717) is 24.2 Å². The molecule has 3 rings (SSSR count). The molecule has 1 saturated carbocycles. The number of nitrogens with one attached hydrogen (secondary N) is 2. The Hall–Kier alpha value is -2.12. The van der Waals surface area contributed by atoms with Gasteiger partial charge in [-0.15, -0.1) is 10.2 Å². The van der Waals surface area contributed by atoms with Crippen LogP contribution in [0.25, 0.3) is 0 Å². The Balaban J connectivity index is 1.86. The zero-order valence-electron chi connectivity index (χ0n) is 15.7. The molecule has 1 aromatic carbocycles. The van der Waals surface area contributed by atoms with Crippen molar-refractivity contribution in [1.82, 2.24) is 14.9 Å². The summed E-state index contributed by atoms with van der Waals surface area (Å²) < 4.78 is 81.4. The second-order valence-corrected chi connectivity index (χ2v) is 9.54. The van der Waals surface area contributed by atoms with Gasteiger partial charge in [-0.1, -0.05) is 31.1 Å². The normalized spacial score (nSPS) is 16.6. The lowest BCUT2D eigenvalue weighted by Crippen LogP contribution is -2.39. The smallest absolute Gasteiger partial charge is 0.296 e. The molecule has 13 heteroatoms. The highest BCUT2D eigenvalue weighted by atomic mass is 32.2. The summed E-state index contributed by atoms with van der Waals surface area (Å²) in [5.74, 6) is -2.04. The standard InChI is InChI=1S/C17H18F4N4O3S2/c1-2-22-30(27,28)10-5-6-12(18)11(9-10)13(26)23-15-25-24-14(29-15)16(17(19,20)21)7-3-4-8-16/h5-6,9,22H,2-4,7-8H2,1H3,(H,23,25,26). The van der Waals surface area contributed by atoms with Crippen molar-refractivity contribution in [3.8, 4) is 0 Å². The van der Waals surface area contributed by atoms with Crippen LogP contribution < -0.4 is 10.0 Å². The highest BCUT2D eigenvalue weighted by molar-refractivity contribution is 7.89. The van der Waals surface area contributed by atoms with Gasteiger partial charge in [-0.2, -0.15) is 13.2 Å². The lowest BCUT2D eigenvalue weighted by atomic mass is 9.86. The largest absolute Gasteiger partial charge is 0.400 e. The van der Waals surface area contributed by atoms with E-state index < -0.39 is 38.9 Å². The molecule has 1 fully saturated rings. The van der Waals surface area contributed by atoms with E-state index in [9.17, 15) is 30.8 Å². The van der Waals surface area contributed by atoms with Crippen molar-refractivity contribution in [3.63, 3.8) is 0 Å². The van der Waals surface area contributed by atoms with Crippen LogP contribution >= 0.6 is 11.3 Å². The summed E-state index contributed by atoms with van der Waals surface area (Å²) in [7, 11) is -3.93. The van der Waals surface area contributed by atoms with E-state index in [4.69, 9.17) is 0 Å². The van der Waals surface area contributed by atoms with Crippen molar-refractivity contribution in [3.05, 3.63) is 34.6 Å². The number of hydrogen-bond acceptors (Lipinski definition) is 6. The molecule has 0 atom stereocenters. The minimum absolute atomic E-state index is 0.0930. The Morgan fingerprint density at radius 1 is 1.23 bits per heavy atom. The minimum atomic E-state index is -4.51. The molecule has 1 heterocycles. The van der Waals surface area contributed by atoms with E-state index in [0.717, 1.165) is 18.2 Å². The summed E-state index contributed by atoms with van der Waals surface area (Å²) in [6.07, 6.45) is -3.93. The van der Waals surface area contributed by atoms with Crippen molar-refractivity contribution < 1.29 is 30.8 Å². The third kappa shape index (κ3) is 4.18. The van der Waals surface area contributed by atoms with E-state index >= 15 is 0 Å². The Morgan fingerprint density at radius 3 is 2.50 bits per heavy atom. The number of halogens is 4. The van der Waals surface area contributed by atoms with Gasteiger partial charge in [0.05, 0.1) is 10.5 Å². The van der Waals surface area contributed by atoms with Gasteiger partial charge in [0, 0.05) is 6.54 Å². The second kappa shape index (κ2) is 8.19. The molecule has 0 aliphatic heterocycles. The molecule has 0 radical (unpaired) electrons. The third-order valence-electron chi connectivity index (χ3n) is 4.88. The van der Waals surface area contributed by atoms with Crippen LogP contribution in [0.5, 0.6) is 0 Å². The van der Waals surface area contributed by atoms with Crippen LogP contribution in [0.15, 0.2) is 23.1 Å². The summed E-state index contributed by atoms with van der Waals surface area (Å²) in [5, 5.41) is 8.94. The van der Waals surface area contributed by atoms with E-state index in [2.05, 4.69) is 20.2 Å². The first kappa shape index (κ1) is 22.6.